The molecule has 1 amide bonds. The van der Waals surface area contributed by atoms with E-state index in [-0.39, 0.29) is 18.4 Å². The van der Waals surface area contributed by atoms with E-state index < -0.39 is 10.0 Å². The van der Waals surface area contributed by atoms with Crippen molar-refractivity contribution in [3.63, 3.8) is 0 Å². The Morgan fingerprint density at radius 2 is 1.59 bits per heavy atom. The van der Waals surface area contributed by atoms with Crippen molar-refractivity contribution in [3.05, 3.63) is 66.2 Å². The molecular formula is C25H33N3O3S. The van der Waals surface area contributed by atoms with Crippen molar-refractivity contribution in [1.82, 2.24) is 14.5 Å². The molecule has 2 atom stereocenters. The number of piperidine rings is 2. The van der Waals surface area contributed by atoms with Crippen molar-refractivity contribution in [3.8, 4) is 0 Å². The van der Waals surface area contributed by atoms with Crippen LogP contribution >= 0.6 is 0 Å². The fourth-order valence-corrected chi connectivity index (χ4v) is 6.35. The zero-order chi connectivity index (χ0) is 22.4. The Bertz CT molecular complexity index is 982. The van der Waals surface area contributed by atoms with Gasteiger partial charge in [0.05, 0.1) is 10.8 Å². The maximum Gasteiger partial charge on any atom is 0.243 e. The lowest BCUT2D eigenvalue weighted by atomic mass is 9.95. The summed E-state index contributed by atoms with van der Waals surface area (Å²) >= 11 is 0. The summed E-state index contributed by atoms with van der Waals surface area (Å²) in [7, 11) is -3.55. The maximum absolute atomic E-state index is 12.9. The molecule has 6 nitrogen and oxygen atoms in total. The van der Waals surface area contributed by atoms with Crippen molar-refractivity contribution in [2.45, 2.75) is 37.1 Å². The van der Waals surface area contributed by atoms with Crippen LogP contribution in [0.5, 0.6) is 0 Å². The lowest BCUT2D eigenvalue weighted by molar-refractivity contribution is -0.126. The largest absolute Gasteiger partial charge is 0.355 e. The van der Waals surface area contributed by atoms with Gasteiger partial charge >= 0.3 is 0 Å². The first-order chi connectivity index (χ1) is 15.5. The van der Waals surface area contributed by atoms with Gasteiger partial charge in [0.15, 0.2) is 0 Å². The third-order valence-corrected chi connectivity index (χ3v) is 8.43. The summed E-state index contributed by atoms with van der Waals surface area (Å²) in [5.41, 5.74) is 1.32. The molecule has 2 aromatic carbocycles. The highest BCUT2D eigenvalue weighted by Gasteiger charge is 2.33. The molecule has 2 aliphatic heterocycles. The van der Waals surface area contributed by atoms with Crippen LogP contribution in [0.2, 0.25) is 0 Å². The molecule has 2 saturated heterocycles. The lowest BCUT2D eigenvalue weighted by Crippen LogP contribution is -2.47. The van der Waals surface area contributed by atoms with E-state index in [1.54, 1.807) is 30.3 Å². The van der Waals surface area contributed by atoms with Gasteiger partial charge in [-0.25, -0.2) is 8.42 Å². The summed E-state index contributed by atoms with van der Waals surface area (Å²) in [6, 6.07) is 19.0. The molecule has 0 bridgehead atoms. The molecule has 4 rings (SSSR count). The summed E-state index contributed by atoms with van der Waals surface area (Å²) in [5.74, 6) is 0.133. The Morgan fingerprint density at radius 1 is 0.906 bits per heavy atom. The van der Waals surface area contributed by atoms with E-state index in [9.17, 15) is 13.2 Å². The van der Waals surface area contributed by atoms with Crippen LogP contribution in [0.3, 0.4) is 0 Å². The molecule has 2 heterocycles. The highest BCUT2D eigenvalue weighted by molar-refractivity contribution is 7.89. The van der Waals surface area contributed by atoms with E-state index in [4.69, 9.17) is 0 Å². The number of nitrogens with one attached hydrogen (secondary N) is 1. The van der Waals surface area contributed by atoms with Crippen molar-refractivity contribution in [2.24, 2.45) is 11.8 Å². The van der Waals surface area contributed by atoms with E-state index in [1.807, 2.05) is 6.07 Å². The number of carbonyl (C=O) groups excluding carboxylic acids is 1. The molecule has 2 aromatic rings. The minimum absolute atomic E-state index is 0.0156. The van der Waals surface area contributed by atoms with Gasteiger partial charge in [-0.05, 0) is 55.8 Å². The first-order valence-corrected chi connectivity index (χ1v) is 13.1. The fraction of sp³-hybridized carbons (Fsp3) is 0.480. The zero-order valence-corrected chi connectivity index (χ0v) is 19.3. The summed E-state index contributed by atoms with van der Waals surface area (Å²) in [4.78, 5) is 15.6. The van der Waals surface area contributed by atoms with Crippen LogP contribution in [0.4, 0.5) is 0 Å². The Morgan fingerprint density at radius 3 is 2.34 bits per heavy atom. The second-order valence-corrected chi connectivity index (χ2v) is 10.9. The first-order valence-electron chi connectivity index (χ1n) is 11.6. The lowest BCUT2D eigenvalue weighted by Gasteiger charge is -2.34. The molecule has 0 spiro atoms. The van der Waals surface area contributed by atoms with Crippen molar-refractivity contribution in [2.75, 3.05) is 32.7 Å². The fourth-order valence-electron chi connectivity index (χ4n) is 4.81. The molecular weight excluding hydrogens is 422 g/mol. The van der Waals surface area contributed by atoms with Gasteiger partial charge in [0, 0.05) is 32.7 Å². The predicted molar refractivity (Wildman–Crippen MR) is 125 cm³/mol. The van der Waals surface area contributed by atoms with Gasteiger partial charge in [-0.2, -0.15) is 4.31 Å². The quantitative estimate of drug-likeness (QED) is 0.697. The Kier molecular flexibility index (Phi) is 7.60. The van der Waals surface area contributed by atoms with E-state index >= 15 is 0 Å². The molecule has 2 fully saturated rings. The maximum atomic E-state index is 12.9. The number of rotatable bonds is 7. The number of hydrogen-bond donors (Lipinski definition) is 1. The summed E-state index contributed by atoms with van der Waals surface area (Å²) in [6.45, 7) is 4.40. The minimum atomic E-state index is -3.55. The predicted octanol–water partition coefficient (Wildman–Crippen LogP) is 3.12. The van der Waals surface area contributed by atoms with Gasteiger partial charge in [-0.1, -0.05) is 48.5 Å². The van der Waals surface area contributed by atoms with Crippen LogP contribution in [-0.4, -0.2) is 56.3 Å². The summed E-state index contributed by atoms with van der Waals surface area (Å²) in [6.07, 6.45) is 3.69. The van der Waals surface area contributed by atoms with Gasteiger partial charge < -0.3 is 5.32 Å². The second kappa shape index (κ2) is 10.6. The molecule has 0 radical (unpaired) electrons. The number of hydrogen-bond acceptors (Lipinski definition) is 4. The van der Waals surface area contributed by atoms with Gasteiger partial charge in [-0.15, -0.1) is 0 Å². The Balaban J connectivity index is 1.28. The third kappa shape index (κ3) is 5.77. The highest BCUT2D eigenvalue weighted by Crippen LogP contribution is 2.24. The molecule has 1 N–H and O–H groups in total. The van der Waals surface area contributed by atoms with E-state index in [0.717, 1.165) is 38.9 Å². The molecule has 0 aliphatic carbocycles. The van der Waals surface area contributed by atoms with E-state index in [1.165, 1.54) is 9.87 Å². The Hall–Kier alpha value is -2.22. The van der Waals surface area contributed by atoms with Crippen molar-refractivity contribution >= 4 is 15.9 Å². The molecule has 172 valence electrons. The third-order valence-electron chi connectivity index (χ3n) is 6.55. The second-order valence-electron chi connectivity index (χ2n) is 8.99. The zero-order valence-electron chi connectivity index (χ0n) is 18.5. The van der Waals surface area contributed by atoms with E-state index in [0.29, 0.717) is 30.3 Å². The van der Waals surface area contributed by atoms with Gasteiger partial charge in [-0.3, -0.25) is 9.69 Å². The van der Waals surface area contributed by atoms with Crippen LogP contribution in [0.25, 0.3) is 0 Å². The first kappa shape index (κ1) is 23.0. The standard InChI is InChI=1S/C25H33N3O3S/c29-25(23-12-8-16-28(20-23)32(30,31)24-13-5-2-6-14-24)26-17-22-11-7-15-27(19-22)18-21-9-3-1-4-10-21/h1-6,9-10,13-14,22-23H,7-8,11-12,15-20H2,(H,26,29). The number of benzene rings is 2. The average Bonchev–Trinajstić information content (AvgIpc) is 2.84. The highest BCUT2D eigenvalue weighted by atomic mass is 32.2. The number of carbonyl (C=O) groups is 1. The number of amides is 1. The van der Waals surface area contributed by atoms with Crippen molar-refractivity contribution in [1.29, 1.82) is 0 Å². The van der Waals surface area contributed by atoms with Crippen LogP contribution < -0.4 is 5.32 Å². The topological polar surface area (TPSA) is 69.7 Å². The van der Waals surface area contributed by atoms with Crippen LogP contribution in [-0.2, 0) is 21.4 Å². The minimum Gasteiger partial charge on any atom is -0.355 e. The average molecular weight is 456 g/mol. The van der Waals surface area contributed by atoms with Crippen LogP contribution in [0.15, 0.2) is 65.6 Å². The monoisotopic (exact) mass is 455 g/mol. The summed E-state index contributed by atoms with van der Waals surface area (Å²) in [5, 5.41) is 3.13. The van der Waals surface area contributed by atoms with Crippen LogP contribution in [0, 0.1) is 11.8 Å². The molecule has 0 saturated carbocycles. The van der Waals surface area contributed by atoms with E-state index in [2.05, 4.69) is 34.5 Å². The number of nitrogens with zero attached hydrogens (tertiary/aromatic N) is 2. The SMILES string of the molecule is O=C(NCC1CCCN(Cc2ccccc2)C1)C1CCCN(S(=O)(=O)c2ccccc2)C1. The number of sulfonamides is 1. The van der Waals surface area contributed by atoms with Crippen molar-refractivity contribution < 1.29 is 13.2 Å². The summed E-state index contributed by atoms with van der Waals surface area (Å²) < 4.78 is 27.3. The van der Waals surface area contributed by atoms with Gasteiger partial charge in [0.25, 0.3) is 0 Å². The normalized spacial score (nSPS) is 23.0. The number of likely N-dealkylation sites (tertiary alicyclic amines) is 1. The molecule has 0 aromatic heterocycles. The van der Waals surface area contributed by atoms with Crippen LogP contribution in [0.1, 0.15) is 31.2 Å². The molecule has 2 aliphatic rings. The molecule has 32 heavy (non-hydrogen) atoms. The molecule has 7 heteroatoms. The Labute approximate surface area is 191 Å². The molecule has 2 unspecified atom stereocenters. The van der Waals surface area contributed by atoms with Gasteiger partial charge in [0.2, 0.25) is 15.9 Å². The van der Waals surface area contributed by atoms with Gasteiger partial charge in [0.1, 0.15) is 0 Å². The smallest absolute Gasteiger partial charge is 0.243 e.